The molecular weight excluding hydrogens is 304 g/mol. The standard InChI is InChI=1S/C15H21BrN2O/c1-10(2)7-8-18(12-4-5-12)15(19)13-9-11(17)3-6-14(13)16/h3,6,9-10,12H,4-5,7-8,17H2,1-2H3. The van der Waals surface area contributed by atoms with Crippen LogP contribution in [0.4, 0.5) is 5.69 Å². The average molecular weight is 325 g/mol. The molecule has 0 saturated heterocycles. The fraction of sp³-hybridized carbons (Fsp3) is 0.533. The summed E-state index contributed by atoms with van der Waals surface area (Å²) in [6.07, 6.45) is 3.30. The smallest absolute Gasteiger partial charge is 0.255 e. The van der Waals surface area contributed by atoms with E-state index in [1.54, 1.807) is 12.1 Å². The summed E-state index contributed by atoms with van der Waals surface area (Å²) >= 11 is 3.45. The van der Waals surface area contributed by atoms with E-state index in [0.29, 0.717) is 23.2 Å². The number of carbonyl (C=O) groups excluding carboxylic acids is 1. The molecule has 1 aromatic carbocycles. The van der Waals surface area contributed by atoms with Crippen LogP contribution in [0.2, 0.25) is 0 Å². The Bertz CT molecular complexity index is 469. The second kappa shape index (κ2) is 5.95. The molecular formula is C15H21BrN2O. The number of amides is 1. The number of nitrogen functional groups attached to an aromatic ring is 1. The zero-order chi connectivity index (χ0) is 14.0. The third-order valence-corrected chi connectivity index (χ3v) is 4.11. The minimum absolute atomic E-state index is 0.0994. The molecule has 2 rings (SSSR count). The molecule has 1 saturated carbocycles. The van der Waals surface area contributed by atoms with Crippen molar-refractivity contribution < 1.29 is 4.79 Å². The number of carbonyl (C=O) groups is 1. The quantitative estimate of drug-likeness (QED) is 0.840. The van der Waals surface area contributed by atoms with Crippen molar-refractivity contribution in [2.75, 3.05) is 12.3 Å². The van der Waals surface area contributed by atoms with E-state index in [4.69, 9.17) is 5.73 Å². The Morgan fingerprint density at radius 1 is 1.47 bits per heavy atom. The van der Waals surface area contributed by atoms with Crippen molar-refractivity contribution in [3.63, 3.8) is 0 Å². The van der Waals surface area contributed by atoms with Crippen LogP contribution in [0.25, 0.3) is 0 Å². The topological polar surface area (TPSA) is 46.3 Å². The highest BCUT2D eigenvalue weighted by Crippen LogP contribution is 2.31. The van der Waals surface area contributed by atoms with E-state index in [1.165, 1.54) is 0 Å². The molecule has 0 spiro atoms. The molecule has 0 unspecified atom stereocenters. The van der Waals surface area contributed by atoms with Crippen LogP contribution >= 0.6 is 15.9 Å². The van der Waals surface area contributed by atoms with Crippen molar-refractivity contribution in [1.29, 1.82) is 0 Å². The molecule has 2 N–H and O–H groups in total. The van der Waals surface area contributed by atoms with Gasteiger partial charge in [-0.2, -0.15) is 0 Å². The van der Waals surface area contributed by atoms with Gasteiger partial charge in [-0.3, -0.25) is 4.79 Å². The molecule has 0 atom stereocenters. The number of hydrogen-bond acceptors (Lipinski definition) is 2. The lowest BCUT2D eigenvalue weighted by molar-refractivity contribution is 0.0734. The number of benzene rings is 1. The number of hydrogen-bond donors (Lipinski definition) is 1. The van der Waals surface area contributed by atoms with Gasteiger partial charge in [-0.05, 0) is 59.3 Å². The van der Waals surface area contributed by atoms with Crippen molar-refractivity contribution >= 4 is 27.5 Å². The van der Waals surface area contributed by atoms with Gasteiger partial charge in [0.25, 0.3) is 5.91 Å². The summed E-state index contributed by atoms with van der Waals surface area (Å²) < 4.78 is 0.821. The van der Waals surface area contributed by atoms with Crippen molar-refractivity contribution in [3.05, 3.63) is 28.2 Å². The molecule has 0 aromatic heterocycles. The molecule has 0 bridgehead atoms. The lowest BCUT2D eigenvalue weighted by Gasteiger charge is -2.24. The summed E-state index contributed by atoms with van der Waals surface area (Å²) in [6, 6.07) is 5.84. The molecule has 19 heavy (non-hydrogen) atoms. The average Bonchev–Trinajstić information content (AvgIpc) is 3.16. The van der Waals surface area contributed by atoms with Gasteiger partial charge in [0.15, 0.2) is 0 Å². The zero-order valence-electron chi connectivity index (χ0n) is 11.5. The van der Waals surface area contributed by atoms with E-state index in [0.717, 1.165) is 30.3 Å². The number of nitrogens with zero attached hydrogens (tertiary/aromatic N) is 1. The molecule has 0 heterocycles. The van der Waals surface area contributed by atoms with Crippen LogP contribution in [0, 0.1) is 5.92 Å². The third kappa shape index (κ3) is 3.72. The van der Waals surface area contributed by atoms with Crippen LogP contribution in [-0.2, 0) is 0 Å². The maximum absolute atomic E-state index is 12.7. The molecule has 0 radical (unpaired) electrons. The molecule has 0 aliphatic heterocycles. The third-order valence-electron chi connectivity index (χ3n) is 3.42. The largest absolute Gasteiger partial charge is 0.399 e. The van der Waals surface area contributed by atoms with Gasteiger partial charge < -0.3 is 10.6 Å². The maximum atomic E-state index is 12.7. The molecule has 1 amide bonds. The Morgan fingerprint density at radius 3 is 2.74 bits per heavy atom. The fourth-order valence-corrected chi connectivity index (χ4v) is 2.51. The molecule has 3 nitrogen and oxygen atoms in total. The minimum Gasteiger partial charge on any atom is -0.399 e. The Balaban J connectivity index is 2.16. The van der Waals surface area contributed by atoms with E-state index in [9.17, 15) is 4.79 Å². The van der Waals surface area contributed by atoms with Gasteiger partial charge in [-0.1, -0.05) is 13.8 Å². The van der Waals surface area contributed by atoms with E-state index < -0.39 is 0 Å². The molecule has 4 heteroatoms. The first-order valence-corrected chi connectivity index (χ1v) is 7.64. The Hall–Kier alpha value is -1.03. The normalized spacial score (nSPS) is 14.7. The van der Waals surface area contributed by atoms with Gasteiger partial charge >= 0.3 is 0 Å². The van der Waals surface area contributed by atoms with Gasteiger partial charge in [-0.25, -0.2) is 0 Å². The highest BCUT2D eigenvalue weighted by Gasteiger charge is 2.33. The zero-order valence-corrected chi connectivity index (χ0v) is 13.1. The maximum Gasteiger partial charge on any atom is 0.255 e. The van der Waals surface area contributed by atoms with Crippen LogP contribution < -0.4 is 5.73 Å². The number of anilines is 1. The van der Waals surface area contributed by atoms with Crippen LogP contribution in [0.15, 0.2) is 22.7 Å². The highest BCUT2D eigenvalue weighted by molar-refractivity contribution is 9.10. The Labute approximate surface area is 123 Å². The SMILES string of the molecule is CC(C)CCN(C(=O)c1cc(N)ccc1Br)C1CC1. The van der Waals surface area contributed by atoms with E-state index in [-0.39, 0.29) is 5.91 Å². The molecule has 104 valence electrons. The summed E-state index contributed by atoms with van der Waals surface area (Å²) in [4.78, 5) is 14.7. The number of halogens is 1. The van der Waals surface area contributed by atoms with Crippen molar-refractivity contribution in [2.45, 2.75) is 39.2 Å². The second-order valence-corrected chi connectivity index (χ2v) is 6.51. The number of nitrogens with two attached hydrogens (primary N) is 1. The van der Waals surface area contributed by atoms with E-state index in [1.807, 2.05) is 11.0 Å². The van der Waals surface area contributed by atoms with Crippen molar-refractivity contribution in [2.24, 2.45) is 5.92 Å². The van der Waals surface area contributed by atoms with Crippen LogP contribution in [0.1, 0.15) is 43.5 Å². The van der Waals surface area contributed by atoms with E-state index in [2.05, 4.69) is 29.8 Å². The summed E-state index contributed by atoms with van der Waals surface area (Å²) in [7, 11) is 0. The monoisotopic (exact) mass is 324 g/mol. The van der Waals surface area contributed by atoms with Crippen LogP contribution in [-0.4, -0.2) is 23.4 Å². The number of rotatable bonds is 5. The Kier molecular flexibility index (Phi) is 4.50. The summed E-state index contributed by atoms with van der Waals surface area (Å²) in [5, 5.41) is 0. The van der Waals surface area contributed by atoms with Crippen LogP contribution in [0.3, 0.4) is 0 Å². The molecule has 1 fully saturated rings. The van der Waals surface area contributed by atoms with E-state index >= 15 is 0 Å². The first-order valence-electron chi connectivity index (χ1n) is 6.85. The summed E-state index contributed by atoms with van der Waals surface area (Å²) in [5.41, 5.74) is 7.10. The van der Waals surface area contributed by atoms with Gasteiger partial charge in [-0.15, -0.1) is 0 Å². The van der Waals surface area contributed by atoms with Crippen molar-refractivity contribution in [1.82, 2.24) is 4.90 Å². The Morgan fingerprint density at radius 2 is 2.16 bits per heavy atom. The van der Waals surface area contributed by atoms with Gasteiger partial charge in [0.2, 0.25) is 0 Å². The lowest BCUT2D eigenvalue weighted by Crippen LogP contribution is -2.34. The predicted molar refractivity (Wildman–Crippen MR) is 82.1 cm³/mol. The summed E-state index contributed by atoms with van der Waals surface area (Å²) in [5.74, 6) is 0.709. The second-order valence-electron chi connectivity index (χ2n) is 5.65. The fourth-order valence-electron chi connectivity index (χ4n) is 2.09. The minimum atomic E-state index is 0.0994. The summed E-state index contributed by atoms with van der Waals surface area (Å²) in [6.45, 7) is 5.21. The predicted octanol–water partition coefficient (Wildman–Crippen LogP) is 3.68. The first-order chi connectivity index (χ1) is 8.99. The van der Waals surface area contributed by atoms with Gasteiger partial charge in [0.1, 0.15) is 0 Å². The lowest BCUT2D eigenvalue weighted by atomic mass is 10.1. The molecule has 1 aliphatic rings. The first kappa shape index (κ1) is 14.4. The highest BCUT2D eigenvalue weighted by atomic mass is 79.9. The van der Waals surface area contributed by atoms with Gasteiger partial charge in [0.05, 0.1) is 5.56 Å². The van der Waals surface area contributed by atoms with Crippen LogP contribution in [0.5, 0.6) is 0 Å². The molecule has 1 aromatic rings. The van der Waals surface area contributed by atoms with Crippen molar-refractivity contribution in [3.8, 4) is 0 Å². The molecule has 1 aliphatic carbocycles. The van der Waals surface area contributed by atoms with Gasteiger partial charge in [0, 0.05) is 22.7 Å².